The largest absolute Gasteiger partial charge is 0.481 e. The van der Waals surface area contributed by atoms with Gasteiger partial charge in [-0.3, -0.25) is 62.5 Å². The Balaban J connectivity index is 1.33. The number of nitrogens with one attached hydrogen (secondary N) is 8. The Hall–Kier alpha value is -8.85. The molecule has 54 nitrogen and oxygen atoms in total. The van der Waals surface area contributed by atoms with Crippen LogP contribution in [0.4, 0.5) is 0 Å². The maximum atomic E-state index is 15.4. The molecule has 10 amide bonds. The first kappa shape index (κ1) is 114. The highest BCUT2D eigenvalue weighted by molar-refractivity contribution is 6.00. The van der Waals surface area contributed by atoms with E-state index in [4.69, 9.17) is 60.8 Å². The molecule has 0 aromatic carbocycles. The molecule has 0 aliphatic carbocycles. The summed E-state index contributed by atoms with van der Waals surface area (Å²) in [6, 6.07) is -22.3. The third kappa shape index (κ3) is 29.1. The van der Waals surface area contributed by atoms with E-state index in [1.54, 1.807) is 20.8 Å². The summed E-state index contributed by atoms with van der Waals surface area (Å²) in [6.45, 7) is 5.56. The van der Waals surface area contributed by atoms with Crippen LogP contribution in [-0.4, -0.2) is 445 Å². The van der Waals surface area contributed by atoms with Gasteiger partial charge in [0.15, 0.2) is 18.4 Å². The number of Topliss-reactive ketones (excluding diaryl/α,β-unsaturated/α-hetero) is 1. The number of aliphatic hydroxyl groups excluding tert-OH is 14. The van der Waals surface area contributed by atoms with Crippen LogP contribution >= 0.6 is 0 Å². The first-order chi connectivity index (χ1) is 62.8. The molecule has 0 aromatic rings. The van der Waals surface area contributed by atoms with Crippen LogP contribution in [0.1, 0.15) is 133 Å². The average molecular weight is 1930 g/mol. The number of carboxylic acid groups (broad SMARTS) is 3. The number of likely N-dealkylation sites (tertiary alicyclic amines) is 2. The highest BCUT2D eigenvalue weighted by Crippen LogP contribution is 2.40. The summed E-state index contributed by atoms with van der Waals surface area (Å²) in [5, 5.41) is 203. The van der Waals surface area contributed by atoms with Crippen LogP contribution in [0.3, 0.4) is 0 Å². The van der Waals surface area contributed by atoms with Crippen molar-refractivity contribution in [3.8, 4) is 0 Å². The molecule has 0 bridgehead atoms. The van der Waals surface area contributed by atoms with Crippen LogP contribution in [0, 0.1) is 5.92 Å². The maximum absolute atomic E-state index is 15.4. The Morgan fingerprint density at radius 1 is 0.575 bits per heavy atom. The molecular formula is C80H133N15O39. The number of carbonyl (C=O) groups excluding carboxylic acids is 11. The molecule has 6 aliphatic rings. The minimum atomic E-state index is -3.30. The van der Waals surface area contributed by atoms with Crippen LogP contribution in [0.5, 0.6) is 0 Å². The van der Waals surface area contributed by atoms with Crippen molar-refractivity contribution in [1.82, 2.24) is 52.3 Å². The molecule has 6 heterocycles. The number of amides is 10. The minimum absolute atomic E-state index is 0.0258. The molecule has 0 spiro atoms. The van der Waals surface area contributed by atoms with Gasteiger partial charge in [-0.15, -0.1) is 0 Å². The van der Waals surface area contributed by atoms with E-state index in [9.17, 15) is 144 Å². The summed E-state index contributed by atoms with van der Waals surface area (Å²) in [6.07, 6.45) is -41.9. The predicted octanol–water partition coefficient (Wildman–Crippen LogP) is -14.5. The molecule has 6 fully saturated rings. The lowest BCUT2D eigenvalue weighted by Gasteiger charge is -2.50. The Morgan fingerprint density at radius 3 is 1.63 bits per heavy atom. The lowest BCUT2D eigenvalue weighted by Crippen LogP contribution is -2.71. The molecule has 762 valence electrons. The van der Waals surface area contributed by atoms with Crippen molar-refractivity contribution < 1.29 is 192 Å². The molecule has 54 heteroatoms. The van der Waals surface area contributed by atoms with E-state index in [2.05, 4.69) is 47.5 Å². The summed E-state index contributed by atoms with van der Waals surface area (Å²) in [5.41, 5.74) is 25.7. The van der Waals surface area contributed by atoms with E-state index in [0.29, 0.717) is 18.4 Å². The average Bonchev–Trinajstić information content (AvgIpc) is 0.845. The lowest BCUT2D eigenvalue weighted by molar-refractivity contribution is -0.382. The van der Waals surface area contributed by atoms with E-state index in [-0.39, 0.29) is 51.6 Å². The second kappa shape index (κ2) is 51.5. The molecule has 134 heavy (non-hydrogen) atoms. The van der Waals surface area contributed by atoms with Gasteiger partial charge in [-0.1, -0.05) is 39.2 Å². The third-order valence-corrected chi connectivity index (χ3v) is 23.7. The first-order valence-corrected chi connectivity index (χ1v) is 43.7. The van der Waals surface area contributed by atoms with Gasteiger partial charge >= 0.3 is 17.9 Å². The highest BCUT2D eigenvalue weighted by atomic mass is 16.8. The number of aliphatic carboxylic acids is 3. The quantitative estimate of drug-likeness (QED) is 0.0252. The SMILES string of the molecule is C/C=N\C=C(/C)C[C@H](N)C(=O)NCC(=O)N[C@H](C(=O)N[C@H](C(=O)N[C@@H](CO)C(=O)N[C@@H](C)C(=O)N1CCC[C@H]1C(=O)N[C@@H](CC(=O)O)C(=O)N[C@H](C(=O)N[C@@H](CCCC)C(=O)N1CCC[C@H]1C(C)=O)C(C)O[C@H]1OC(CO[C@]2(C(=O)O)C[C@@H](O)[C@@H](N)C([C@H](O)[C@H](O)CO)O2)[C@H](O)[C@H](O[C@@H]2OC(CO)[C@H](O)C(O[C@]3(C(=O)O)C[C@@H](O)[C@@H](N)C([C@H](O)[C@H](O)CO)O3)[C@@H]2O)C1N)C(C)O)C(C)C. The standard InChI is InChI=1S/C80H133N15O39/c1-10-12-15-38(74(122)94-18-13-16-41(94)34(7)100)88-72(120)56(93-67(115)39(21-50(107)108)89-69(117)42-17-14-19-95(42)73(121)33(6)87-68(116)40(26-96)90-71(119)55(35(8)101)92-70(118)54(31(3)4)91-49(106)25-86-66(114)37(81)20-32(5)24-85-11-2)36(9)128-75-53(84)62(60(112)48(130-75)30-127-79(77(123)124)22-43(102)51(82)63(132-79)57(109)45(104)27-97)131-76-61(113)65(59(111)47(29-99)129-76)134-80(78(125)126)23-44(103)52(83)64(133-80)58(110)46(105)28-98/h11,24,31,33,35-48,51-65,75-76,96-99,101-105,109-113H,10,12-23,25-30,81-84H2,1-9H3,(H,86,114)(H,87,116)(H,88,120)(H,89,117)(H,90,119)(H,91,106)(H,92,118)(H,93,115)(H,107,108)(H,123,124)(H,125,126)/b32-24+,85-11-/t33-,35?,36?,37-,38-,39-,40-,41-,42-,43+,44+,45+,46+,47?,48?,51+,52+,53?,54-,55-,56-,57+,58+,59-,60-,61-,62+,63?,64?,65?,75-,76-,79+,80-/m0/s1. The van der Waals surface area contributed by atoms with Gasteiger partial charge < -0.3 is 200 Å². The topological polar surface area (TPSA) is 876 Å². The van der Waals surface area contributed by atoms with Crippen LogP contribution in [0.15, 0.2) is 16.8 Å². The van der Waals surface area contributed by atoms with Gasteiger partial charge in [0.25, 0.3) is 11.6 Å². The van der Waals surface area contributed by atoms with Crippen molar-refractivity contribution in [2.24, 2.45) is 33.8 Å². The first-order valence-electron chi connectivity index (χ1n) is 43.7. The van der Waals surface area contributed by atoms with Gasteiger partial charge in [-0.05, 0) is 86.0 Å². The van der Waals surface area contributed by atoms with Crippen LogP contribution < -0.4 is 65.5 Å². The minimum Gasteiger partial charge on any atom is -0.481 e. The van der Waals surface area contributed by atoms with Gasteiger partial charge in [-0.2, -0.15) is 0 Å². The number of nitrogens with two attached hydrogens (primary N) is 4. The van der Waals surface area contributed by atoms with Gasteiger partial charge in [0, 0.05) is 38.3 Å². The summed E-state index contributed by atoms with van der Waals surface area (Å²) >= 11 is 0. The normalized spacial score (nSPS) is 31.1. The zero-order valence-corrected chi connectivity index (χ0v) is 75.4. The number of aliphatic imine (C=N–C) groups is 1. The number of ketones is 1. The monoisotopic (exact) mass is 1930 g/mol. The van der Waals surface area contributed by atoms with Crippen LogP contribution in [-0.2, 0) is 105 Å². The molecule has 0 aromatic heterocycles. The fourth-order valence-corrected chi connectivity index (χ4v) is 16.0. The maximum Gasteiger partial charge on any atom is 0.364 e. The Morgan fingerprint density at radius 2 is 1.10 bits per heavy atom. The van der Waals surface area contributed by atoms with Gasteiger partial charge in [0.05, 0.1) is 101 Å². The summed E-state index contributed by atoms with van der Waals surface area (Å²) in [7, 11) is 0. The van der Waals surface area contributed by atoms with E-state index < -0.39 is 354 Å². The predicted molar refractivity (Wildman–Crippen MR) is 451 cm³/mol. The fourth-order valence-electron chi connectivity index (χ4n) is 16.0. The molecule has 6 aliphatic heterocycles. The number of hydrogen-bond acceptors (Lipinski definition) is 41. The molecule has 6 rings (SSSR count). The second-order valence-corrected chi connectivity index (χ2v) is 34.4. The van der Waals surface area contributed by atoms with Crippen molar-refractivity contribution in [3.05, 3.63) is 11.8 Å². The number of nitrogens with zero attached hydrogens (tertiary/aromatic N) is 3. The lowest BCUT2D eigenvalue weighted by atomic mass is 9.88. The van der Waals surface area contributed by atoms with E-state index in [0.717, 1.165) is 25.7 Å². The van der Waals surface area contributed by atoms with E-state index in [1.165, 1.54) is 38.1 Å². The Kier molecular flexibility index (Phi) is 43.8. The smallest absolute Gasteiger partial charge is 0.364 e. The van der Waals surface area contributed by atoms with Crippen molar-refractivity contribution in [2.75, 3.05) is 52.7 Å². The van der Waals surface area contributed by atoms with Crippen molar-refractivity contribution in [2.45, 2.75) is 339 Å². The zero-order chi connectivity index (χ0) is 101. The molecule has 6 saturated heterocycles. The highest BCUT2D eigenvalue weighted by Gasteiger charge is 2.62. The molecule has 33 N–H and O–H groups in total. The van der Waals surface area contributed by atoms with Gasteiger partial charge in [-0.25, -0.2) is 9.59 Å². The Bertz CT molecular complexity index is 4070. The third-order valence-electron chi connectivity index (χ3n) is 23.7. The van der Waals surface area contributed by atoms with E-state index >= 15 is 9.59 Å². The van der Waals surface area contributed by atoms with Crippen molar-refractivity contribution in [3.63, 3.8) is 0 Å². The number of hydrogen-bond donors (Lipinski definition) is 29. The van der Waals surface area contributed by atoms with Crippen LogP contribution in [0.2, 0.25) is 0 Å². The molecule has 0 saturated carbocycles. The number of carboxylic acids is 3. The number of unbranched alkanes of at least 4 members (excludes halogenated alkanes) is 1. The molecule has 34 atom stereocenters. The number of aliphatic hydroxyl groups is 14. The number of ether oxygens (including phenoxy) is 8. The molecular weight excluding hydrogens is 1790 g/mol. The number of carbonyl (C=O) groups is 14. The van der Waals surface area contributed by atoms with Crippen molar-refractivity contribution in [1.29, 1.82) is 0 Å². The summed E-state index contributed by atoms with van der Waals surface area (Å²) in [4.78, 5) is 200. The molecule has 8 unspecified atom stereocenters. The summed E-state index contributed by atoms with van der Waals surface area (Å²) < 4.78 is 47.3. The van der Waals surface area contributed by atoms with Gasteiger partial charge in [0.2, 0.25) is 59.1 Å². The fraction of sp³-hybridized carbons (Fsp3) is 0.787. The molecule has 0 radical (unpaired) electrons. The van der Waals surface area contributed by atoms with Crippen molar-refractivity contribution >= 4 is 89.0 Å². The number of rotatable bonds is 49. The van der Waals surface area contributed by atoms with Crippen LogP contribution in [0.25, 0.3) is 0 Å². The van der Waals surface area contributed by atoms with Gasteiger partial charge in [0.1, 0.15) is 128 Å². The summed E-state index contributed by atoms with van der Waals surface area (Å²) in [5.74, 6) is -24.7. The Labute approximate surface area is 768 Å². The van der Waals surface area contributed by atoms with E-state index in [1.807, 2.05) is 0 Å². The zero-order valence-electron chi connectivity index (χ0n) is 75.4. The second-order valence-electron chi connectivity index (χ2n) is 34.4.